The van der Waals surface area contributed by atoms with Crippen molar-refractivity contribution in [3.8, 4) is 0 Å². The average Bonchev–Trinajstić information content (AvgIpc) is 2.19. The maximum absolute atomic E-state index is 10.3. The Morgan fingerprint density at radius 3 is 2.53 bits per heavy atom. The van der Waals surface area contributed by atoms with Crippen LogP contribution in [0.3, 0.4) is 0 Å². The van der Waals surface area contributed by atoms with E-state index in [4.69, 9.17) is 22.4 Å². The van der Waals surface area contributed by atoms with Crippen molar-refractivity contribution in [1.29, 1.82) is 0 Å². The van der Waals surface area contributed by atoms with Crippen molar-refractivity contribution >= 4 is 17.6 Å². The quantitative estimate of drug-likeness (QED) is 0.810. The summed E-state index contributed by atoms with van der Waals surface area (Å²) < 4.78 is 0. The molecule has 1 aromatic carbocycles. The van der Waals surface area contributed by atoms with Crippen LogP contribution in [0.25, 0.3) is 0 Å². The summed E-state index contributed by atoms with van der Waals surface area (Å²) in [5.74, 6) is -0.804. The van der Waals surface area contributed by atoms with E-state index in [9.17, 15) is 4.79 Å². The number of benzene rings is 1. The lowest BCUT2D eigenvalue weighted by atomic mass is 10.0. The summed E-state index contributed by atoms with van der Waals surface area (Å²) in [7, 11) is 0. The molecule has 0 bridgehead atoms. The molecule has 1 rings (SSSR count). The van der Waals surface area contributed by atoms with E-state index in [1.54, 1.807) is 12.1 Å². The second-order valence-corrected chi connectivity index (χ2v) is 3.96. The van der Waals surface area contributed by atoms with Gasteiger partial charge in [0.25, 0.3) is 0 Å². The van der Waals surface area contributed by atoms with Gasteiger partial charge in [0.15, 0.2) is 0 Å². The summed E-state index contributed by atoms with van der Waals surface area (Å²) in [5, 5.41) is 9.18. The Balaban J connectivity index is 2.40. The summed E-state index contributed by atoms with van der Waals surface area (Å²) in [6, 6.07) is 7.32. The Morgan fingerprint density at radius 1 is 1.40 bits per heavy atom. The van der Waals surface area contributed by atoms with E-state index in [2.05, 4.69) is 0 Å². The van der Waals surface area contributed by atoms with Crippen LogP contribution in [0.15, 0.2) is 24.3 Å². The predicted molar refractivity (Wildman–Crippen MR) is 60.0 cm³/mol. The van der Waals surface area contributed by atoms with Gasteiger partial charge < -0.3 is 10.8 Å². The zero-order chi connectivity index (χ0) is 11.3. The fraction of sp³-hybridized carbons (Fsp3) is 0.364. The van der Waals surface area contributed by atoms with Crippen molar-refractivity contribution in [1.82, 2.24) is 0 Å². The average molecular weight is 228 g/mol. The van der Waals surface area contributed by atoms with Crippen LogP contribution >= 0.6 is 11.6 Å². The normalized spacial score (nSPS) is 12.4. The predicted octanol–water partition coefficient (Wildman–Crippen LogP) is 2.07. The molecular weight excluding hydrogens is 214 g/mol. The van der Waals surface area contributed by atoms with E-state index in [1.807, 2.05) is 12.1 Å². The van der Waals surface area contributed by atoms with Crippen molar-refractivity contribution < 1.29 is 9.90 Å². The van der Waals surface area contributed by atoms with Gasteiger partial charge in [-0.1, -0.05) is 23.7 Å². The summed E-state index contributed by atoms with van der Waals surface area (Å²) >= 11 is 5.74. The van der Waals surface area contributed by atoms with E-state index in [0.29, 0.717) is 17.9 Å². The minimum atomic E-state index is -0.804. The third kappa shape index (κ3) is 4.81. The molecule has 0 heterocycles. The smallest absolute Gasteiger partial charge is 0.303 e. The molecule has 0 amide bonds. The van der Waals surface area contributed by atoms with Crippen molar-refractivity contribution in [2.75, 3.05) is 0 Å². The van der Waals surface area contributed by atoms with E-state index in [-0.39, 0.29) is 12.5 Å². The molecule has 3 nitrogen and oxygen atoms in total. The van der Waals surface area contributed by atoms with Gasteiger partial charge in [-0.3, -0.25) is 4.79 Å². The van der Waals surface area contributed by atoms with Gasteiger partial charge in [0.2, 0.25) is 0 Å². The van der Waals surface area contributed by atoms with Crippen LogP contribution in [-0.4, -0.2) is 17.1 Å². The van der Waals surface area contributed by atoms with Crippen molar-refractivity contribution in [2.24, 2.45) is 5.73 Å². The molecule has 0 aliphatic rings. The Labute approximate surface area is 93.9 Å². The number of hydrogen-bond acceptors (Lipinski definition) is 2. The number of aliphatic carboxylic acids is 1. The topological polar surface area (TPSA) is 63.3 Å². The maximum atomic E-state index is 10.3. The lowest BCUT2D eigenvalue weighted by Gasteiger charge is -2.09. The highest BCUT2D eigenvalue weighted by Gasteiger charge is 2.06. The Bertz CT molecular complexity index is 324. The molecule has 0 saturated carbocycles. The van der Waals surface area contributed by atoms with E-state index in [0.717, 1.165) is 5.56 Å². The van der Waals surface area contributed by atoms with Gasteiger partial charge in [-0.2, -0.15) is 0 Å². The van der Waals surface area contributed by atoms with Gasteiger partial charge in [0.05, 0.1) is 0 Å². The maximum Gasteiger partial charge on any atom is 0.303 e. The first-order valence-electron chi connectivity index (χ1n) is 4.80. The van der Waals surface area contributed by atoms with Crippen LogP contribution in [-0.2, 0) is 11.2 Å². The van der Waals surface area contributed by atoms with Gasteiger partial charge in [-0.05, 0) is 30.5 Å². The van der Waals surface area contributed by atoms with Crippen molar-refractivity contribution in [3.63, 3.8) is 0 Å². The number of nitrogens with two attached hydrogens (primary N) is 1. The molecule has 82 valence electrons. The zero-order valence-electron chi connectivity index (χ0n) is 8.32. The van der Waals surface area contributed by atoms with Crippen LogP contribution < -0.4 is 5.73 Å². The number of hydrogen-bond donors (Lipinski definition) is 2. The first-order chi connectivity index (χ1) is 7.08. The number of rotatable bonds is 5. The molecule has 0 aliphatic carbocycles. The minimum Gasteiger partial charge on any atom is -0.481 e. The lowest BCUT2D eigenvalue weighted by molar-refractivity contribution is -0.137. The molecule has 0 saturated heterocycles. The molecule has 0 radical (unpaired) electrons. The molecule has 0 fully saturated rings. The van der Waals surface area contributed by atoms with Crippen LogP contribution in [0, 0.1) is 0 Å². The molecule has 15 heavy (non-hydrogen) atoms. The molecule has 0 unspecified atom stereocenters. The molecule has 3 N–H and O–H groups in total. The van der Waals surface area contributed by atoms with Crippen LogP contribution in [0.2, 0.25) is 5.02 Å². The van der Waals surface area contributed by atoms with Gasteiger partial charge in [0, 0.05) is 17.5 Å². The Morgan fingerprint density at radius 2 is 2.00 bits per heavy atom. The molecular formula is C11H14ClNO2. The number of carboxylic acids is 1. The standard InChI is InChI=1S/C11H14ClNO2/c12-9-3-1-8(2-4-9)7-10(13)5-6-11(14)15/h1-4,10H,5-7,13H2,(H,14,15)/t10-/m1/s1. The van der Waals surface area contributed by atoms with E-state index >= 15 is 0 Å². The van der Waals surface area contributed by atoms with Gasteiger partial charge in [-0.25, -0.2) is 0 Å². The first kappa shape index (κ1) is 12.0. The minimum absolute atomic E-state index is 0.109. The number of carboxylic acid groups (broad SMARTS) is 1. The highest BCUT2D eigenvalue weighted by atomic mass is 35.5. The molecule has 1 atom stereocenters. The Hall–Kier alpha value is -1.06. The third-order valence-electron chi connectivity index (χ3n) is 2.14. The fourth-order valence-electron chi connectivity index (χ4n) is 1.33. The molecule has 0 spiro atoms. The second kappa shape index (κ2) is 5.73. The fourth-order valence-corrected chi connectivity index (χ4v) is 1.46. The third-order valence-corrected chi connectivity index (χ3v) is 2.39. The summed E-state index contributed by atoms with van der Waals surface area (Å²) in [6.45, 7) is 0. The van der Waals surface area contributed by atoms with E-state index < -0.39 is 5.97 Å². The van der Waals surface area contributed by atoms with Gasteiger partial charge >= 0.3 is 5.97 Å². The second-order valence-electron chi connectivity index (χ2n) is 3.52. The monoisotopic (exact) mass is 227 g/mol. The Kier molecular flexibility index (Phi) is 4.59. The zero-order valence-corrected chi connectivity index (χ0v) is 9.07. The van der Waals surface area contributed by atoms with Crippen molar-refractivity contribution in [2.45, 2.75) is 25.3 Å². The van der Waals surface area contributed by atoms with Gasteiger partial charge in [-0.15, -0.1) is 0 Å². The van der Waals surface area contributed by atoms with E-state index in [1.165, 1.54) is 0 Å². The summed E-state index contributed by atoms with van der Waals surface area (Å²) in [6.07, 6.45) is 1.30. The summed E-state index contributed by atoms with van der Waals surface area (Å²) in [4.78, 5) is 10.3. The van der Waals surface area contributed by atoms with Crippen LogP contribution in [0.5, 0.6) is 0 Å². The highest BCUT2D eigenvalue weighted by Crippen LogP contribution is 2.11. The largest absolute Gasteiger partial charge is 0.481 e. The lowest BCUT2D eigenvalue weighted by Crippen LogP contribution is -2.23. The SMILES string of the molecule is N[C@H](CCC(=O)O)Cc1ccc(Cl)cc1. The van der Waals surface area contributed by atoms with Crippen molar-refractivity contribution in [3.05, 3.63) is 34.9 Å². The number of carbonyl (C=O) groups is 1. The molecule has 0 aliphatic heterocycles. The molecule has 1 aromatic rings. The molecule has 0 aromatic heterocycles. The van der Waals surface area contributed by atoms with Crippen LogP contribution in [0.4, 0.5) is 0 Å². The first-order valence-corrected chi connectivity index (χ1v) is 5.17. The van der Waals surface area contributed by atoms with Crippen LogP contribution in [0.1, 0.15) is 18.4 Å². The molecule has 4 heteroatoms. The van der Waals surface area contributed by atoms with Gasteiger partial charge in [0.1, 0.15) is 0 Å². The highest BCUT2D eigenvalue weighted by molar-refractivity contribution is 6.30. The number of halogens is 1. The summed E-state index contributed by atoms with van der Waals surface area (Å²) in [5.41, 5.74) is 6.88.